The van der Waals surface area contributed by atoms with E-state index in [1.54, 1.807) is 6.07 Å². The number of ether oxygens (including phenoxy) is 1. The first-order valence-corrected chi connectivity index (χ1v) is 8.74. The van der Waals surface area contributed by atoms with Gasteiger partial charge in [0.15, 0.2) is 0 Å². The van der Waals surface area contributed by atoms with Crippen molar-refractivity contribution in [1.82, 2.24) is 5.32 Å². The van der Waals surface area contributed by atoms with Crippen molar-refractivity contribution in [3.8, 4) is 0 Å². The van der Waals surface area contributed by atoms with Crippen molar-refractivity contribution in [3.05, 3.63) is 35.4 Å². The molecule has 0 aromatic heterocycles. The number of carbonyl (C=O) groups is 1. The Kier molecular flexibility index (Phi) is 6.49. The molecule has 1 fully saturated rings. The van der Waals surface area contributed by atoms with Crippen molar-refractivity contribution in [1.29, 1.82) is 0 Å². The number of hydrogen-bond donors (Lipinski definition) is 1. The van der Waals surface area contributed by atoms with E-state index < -0.39 is 17.2 Å². The lowest BCUT2D eigenvalue weighted by molar-refractivity contribution is -0.137. The van der Waals surface area contributed by atoms with Crippen molar-refractivity contribution in [2.45, 2.75) is 63.6 Å². The third-order valence-electron chi connectivity index (χ3n) is 4.70. The SMILES string of the molecule is CC(C)(CNC(=O)COC1CCCCC1)c1cccc(C(F)(F)F)c1. The minimum Gasteiger partial charge on any atom is -0.368 e. The summed E-state index contributed by atoms with van der Waals surface area (Å²) in [6, 6.07) is 5.24. The molecule has 0 heterocycles. The molecule has 25 heavy (non-hydrogen) atoms. The molecule has 0 atom stereocenters. The highest BCUT2D eigenvalue weighted by molar-refractivity contribution is 5.77. The second-order valence-corrected chi connectivity index (χ2v) is 7.31. The summed E-state index contributed by atoms with van der Waals surface area (Å²) in [4.78, 5) is 12.0. The van der Waals surface area contributed by atoms with Gasteiger partial charge in [0.2, 0.25) is 5.91 Å². The number of hydrogen-bond acceptors (Lipinski definition) is 2. The first-order chi connectivity index (χ1) is 11.7. The number of carbonyl (C=O) groups excluding carboxylic acids is 1. The van der Waals surface area contributed by atoms with Crippen molar-refractivity contribution in [3.63, 3.8) is 0 Å². The summed E-state index contributed by atoms with van der Waals surface area (Å²) < 4.78 is 44.2. The van der Waals surface area contributed by atoms with Gasteiger partial charge in [-0.2, -0.15) is 13.2 Å². The molecule has 0 saturated heterocycles. The van der Waals surface area contributed by atoms with E-state index in [9.17, 15) is 18.0 Å². The molecule has 140 valence electrons. The van der Waals surface area contributed by atoms with Crippen LogP contribution in [0.4, 0.5) is 13.2 Å². The van der Waals surface area contributed by atoms with Crippen LogP contribution in [0.3, 0.4) is 0 Å². The molecule has 1 amide bonds. The van der Waals surface area contributed by atoms with Crippen LogP contribution in [-0.4, -0.2) is 25.2 Å². The van der Waals surface area contributed by atoms with Gasteiger partial charge in [-0.25, -0.2) is 0 Å². The fourth-order valence-corrected chi connectivity index (χ4v) is 3.01. The highest BCUT2D eigenvalue weighted by Gasteiger charge is 2.32. The van der Waals surface area contributed by atoms with Crippen LogP contribution in [0, 0.1) is 0 Å². The van der Waals surface area contributed by atoms with E-state index in [0.717, 1.165) is 37.8 Å². The number of amides is 1. The average Bonchev–Trinajstić information content (AvgIpc) is 2.58. The van der Waals surface area contributed by atoms with Crippen LogP contribution < -0.4 is 5.32 Å². The predicted octanol–water partition coefficient (Wildman–Crippen LogP) is 4.45. The van der Waals surface area contributed by atoms with Crippen LogP contribution in [0.25, 0.3) is 0 Å². The molecule has 0 unspecified atom stereocenters. The summed E-state index contributed by atoms with van der Waals surface area (Å²) >= 11 is 0. The van der Waals surface area contributed by atoms with Crippen LogP contribution in [0.2, 0.25) is 0 Å². The Morgan fingerprint density at radius 2 is 1.80 bits per heavy atom. The lowest BCUT2D eigenvalue weighted by Crippen LogP contribution is -2.39. The highest BCUT2D eigenvalue weighted by Crippen LogP contribution is 2.32. The summed E-state index contributed by atoms with van der Waals surface area (Å²) in [5.74, 6) is -0.231. The Hall–Kier alpha value is -1.56. The van der Waals surface area contributed by atoms with Gasteiger partial charge in [0, 0.05) is 12.0 Å². The molecule has 1 saturated carbocycles. The number of benzene rings is 1. The van der Waals surface area contributed by atoms with Crippen LogP contribution in [-0.2, 0) is 21.1 Å². The minimum atomic E-state index is -4.37. The average molecular weight is 357 g/mol. The monoisotopic (exact) mass is 357 g/mol. The Labute approximate surface area is 146 Å². The van der Waals surface area contributed by atoms with Gasteiger partial charge < -0.3 is 10.1 Å². The van der Waals surface area contributed by atoms with E-state index in [0.29, 0.717) is 5.56 Å². The van der Waals surface area contributed by atoms with Gasteiger partial charge in [-0.05, 0) is 24.5 Å². The molecule has 1 N–H and O–H groups in total. The van der Waals surface area contributed by atoms with E-state index in [1.165, 1.54) is 12.5 Å². The minimum absolute atomic E-state index is 0.00331. The molecule has 0 bridgehead atoms. The highest BCUT2D eigenvalue weighted by atomic mass is 19.4. The molecule has 0 aliphatic heterocycles. The van der Waals surface area contributed by atoms with E-state index in [1.807, 2.05) is 13.8 Å². The molecule has 0 spiro atoms. The molecule has 1 aromatic carbocycles. The van der Waals surface area contributed by atoms with E-state index in [4.69, 9.17) is 4.74 Å². The maximum absolute atomic E-state index is 12.9. The molecule has 3 nitrogen and oxygen atoms in total. The molecule has 0 radical (unpaired) electrons. The van der Waals surface area contributed by atoms with Gasteiger partial charge in [-0.1, -0.05) is 51.3 Å². The standard InChI is InChI=1S/C19H26F3NO2/c1-18(2,14-7-6-8-15(11-14)19(20,21)22)13-23-17(24)12-25-16-9-4-3-5-10-16/h6-8,11,16H,3-5,9-10,12-13H2,1-2H3,(H,23,24). The molecular weight excluding hydrogens is 331 g/mol. The van der Waals surface area contributed by atoms with Crippen LogP contribution in [0.1, 0.15) is 57.1 Å². The van der Waals surface area contributed by atoms with E-state index >= 15 is 0 Å². The zero-order chi connectivity index (χ0) is 18.5. The summed E-state index contributed by atoms with van der Waals surface area (Å²) in [5, 5.41) is 2.77. The number of halogens is 3. The van der Waals surface area contributed by atoms with Crippen molar-refractivity contribution in [2.24, 2.45) is 0 Å². The quantitative estimate of drug-likeness (QED) is 0.817. The van der Waals surface area contributed by atoms with E-state index in [-0.39, 0.29) is 25.2 Å². The molecule has 1 aliphatic rings. The lowest BCUT2D eigenvalue weighted by atomic mass is 9.83. The first kappa shape index (κ1) is 19.8. The second-order valence-electron chi connectivity index (χ2n) is 7.31. The summed E-state index contributed by atoms with van der Waals surface area (Å²) in [6.07, 6.45) is 1.24. The zero-order valence-electron chi connectivity index (χ0n) is 14.8. The topological polar surface area (TPSA) is 38.3 Å². The van der Waals surface area contributed by atoms with Gasteiger partial charge in [0.25, 0.3) is 0 Å². The fourth-order valence-electron chi connectivity index (χ4n) is 3.01. The van der Waals surface area contributed by atoms with Gasteiger partial charge >= 0.3 is 6.18 Å². The maximum Gasteiger partial charge on any atom is 0.416 e. The third kappa shape index (κ3) is 6.03. The molecule has 1 aromatic rings. The van der Waals surface area contributed by atoms with Crippen molar-refractivity contribution in [2.75, 3.05) is 13.2 Å². The van der Waals surface area contributed by atoms with Gasteiger partial charge in [-0.3, -0.25) is 4.79 Å². The normalized spacial score (nSPS) is 16.7. The number of nitrogens with one attached hydrogen (secondary N) is 1. The third-order valence-corrected chi connectivity index (χ3v) is 4.70. The molecule has 1 aliphatic carbocycles. The van der Waals surface area contributed by atoms with E-state index in [2.05, 4.69) is 5.32 Å². The molecular formula is C19H26F3NO2. The number of alkyl halides is 3. The van der Waals surface area contributed by atoms with Gasteiger partial charge in [-0.15, -0.1) is 0 Å². The Balaban J connectivity index is 1.86. The molecule has 6 heteroatoms. The predicted molar refractivity (Wildman–Crippen MR) is 90.3 cm³/mol. The Morgan fingerprint density at radius 3 is 2.44 bits per heavy atom. The summed E-state index contributed by atoms with van der Waals surface area (Å²) in [7, 11) is 0. The smallest absolute Gasteiger partial charge is 0.368 e. The largest absolute Gasteiger partial charge is 0.416 e. The van der Waals surface area contributed by atoms with Crippen molar-refractivity contribution < 1.29 is 22.7 Å². The van der Waals surface area contributed by atoms with Crippen LogP contribution >= 0.6 is 0 Å². The van der Waals surface area contributed by atoms with Crippen LogP contribution in [0.5, 0.6) is 0 Å². The second kappa shape index (κ2) is 8.21. The Bertz CT molecular complexity index is 578. The zero-order valence-corrected chi connectivity index (χ0v) is 14.8. The maximum atomic E-state index is 12.9. The first-order valence-electron chi connectivity index (χ1n) is 8.74. The van der Waals surface area contributed by atoms with Crippen LogP contribution in [0.15, 0.2) is 24.3 Å². The lowest BCUT2D eigenvalue weighted by Gasteiger charge is -2.27. The van der Waals surface area contributed by atoms with Crippen molar-refractivity contribution >= 4 is 5.91 Å². The fraction of sp³-hybridized carbons (Fsp3) is 0.632. The Morgan fingerprint density at radius 1 is 1.16 bits per heavy atom. The van der Waals surface area contributed by atoms with Gasteiger partial charge in [0.1, 0.15) is 6.61 Å². The summed E-state index contributed by atoms with van der Waals surface area (Å²) in [6.45, 7) is 3.88. The molecule has 2 rings (SSSR count). The summed E-state index contributed by atoms with van der Waals surface area (Å²) in [5.41, 5.74) is -0.747. The number of rotatable bonds is 6. The van der Waals surface area contributed by atoms with Gasteiger partial charge in [0.05, 0.1) is 11.7 Å².